The Hall–Kier alpha value is -3.80. The van der Waals surface area contributed by atoms with Crippen LogP contribution in [-0.4, -0.2) is 25.8 Å². The maximum atomic E-state index is 13.9. The van der Waals surface area contributed by atoms with Crippen molar-refractivity contribution in [2.75, 3.05) is 20.8 Å². The Morgan fingerprint density at radius 3 is 2.06 bits per heavy atom. The van der Waals surface area contributed by atoms with Crippen molar-refractivity contribution in [2.24, 2.45) is 0 Å². The number of methoxy groups -OCH3 is 2. The van der Waals surface area contributed by atoms with Gasteiger partial charge in [0, 0.05) is 29.9 Å². The van der Waals surface area contributed by atoms with E-state index in [1.165, 1.54) is 12.1 Å². The molecule has 170 valence electrons. The molecule has 0 radical (unpaired) electrons. The summed E-state index contributed by atoms with van der Waals surface area (Å²) >= 11 is 0. The Balaban J connectivity index is 1.54. The van der Waals surface area contributed by atoms with E-state index in [0.717, 1.165) is 40.0 Å². The predicted octanol–water partition coefficient (Wildman–Crippen LogP) is 5.82. The summed E-state index contributed by atoms with van der Waals surface area (Å²) < 4.78 is 37.7. The summed E-state index contributed by atoms with van der Waals surface area (Å²) in [5.74, 6) is 0.526. The second-order valence-electron chi connectivity index (χ2n) is 7.71. The number of hydrogen-bond donors (Lipinski definition) is 1. The smallest absolute Gasteiger partial charge is 0.129 e. The number of rotatable bonds is 8. The third kappa shape index (κ3) is 5.34. The highest BCUT2D eigenvalue weighted by atomic mass is 19.1. The molecule has 0 saturated heterocycles. The van der Waals surface area contributed by atoms with Crippen molar-refractivity contribution < 1.29 is 18.3 Å². The van der Waals surface area contributed by atoms with E-state index in [0.29, 0.717) is 24.9 Å². The topological polar surface area (TPSA) is 33.7 Å². The molecule has 1 N–H and O–H groups in total. The first-order valence-electron chi connectivity index (χ1n) is 10.8. The minimum absolute atomic E-state index is 0.502. The Labute approximate surface area is 192 Å². The molecular formula is C27H26F2N2O2. The van der Waals surface area contributed by atoms with Gasteiger partial charge in [-0.1, -0.05) is 18.2 Å². The van der Waals surface area contributed by atoms with E-state index in [1.807, 2.05) is 59.7 Å². The van der Waals surface area contributed by atoms with Gasteiger partial charge in [-0.15, -0.1) is 0 Å². The standard InChI is InChI=1S/C27H26F2N2O2/c1-32-23-11-6-19(7-12-23)25-15-17-31(16-3-4-20-5-10-22(28)18-26(20)29)30-27(25)21-8-13-24(33-2)14-9-21/h5-15,17-18,30H,3-4,16H2,1-2H3. The monoisotopic (exact) mass is 448 g/mol. The molecule has 0 saturated carbocycles. The van der Waals surface area contributed by atoms with Crippen LogP contribution in [0.3, 0.4) is 0 Å². The van der Waals surface area contributed by atoms with Crippen molar-refractivity contribution >= 4 is 11.3 Å². The first-order chi connectivity index (χ1) is 16.1. The number of ether oxygens (including phenoxy) is 2. The molecule has 33 heavy (non-hydrogen) atoms. The molecule has 0 unspecified atom stereocenters. The van der Waals surface area contributed by atoms with Crippen LogP contribution in [0, 0.1) is 11.6 Å². The summed E-state index contributed by atoms with van der Waals surface area (Å²) in [5, 5.41) is 1.98. The number of nitrogens with one attached hydrogen (secondary N) is 1. The van der Waals surface area contributed by atoms with E-state index < -0.39 is 11.6 Å². The average molecular weight is 449 g/mol. The van der Waals surface area contributed by atoms with Gasteiger partial charge in [0.05, 0.1) is 19.9 Å². The molecule has 3 aromatic carbocycles. The average Bonchev–Trinajstić information content (AvgIpc) is 2.85. The molecule has 6 heteroatoms. The van der Waals surface area contributed by atoms with Gasteiger partial charge < -0.3 is 9.47 Å². The molecule has 4 nitrogen and oxygen atoms in total. The number of aryl methyl sites for hydroxylation is 1. The van der Waals surface area contributed by atoms with Crippen molar-refractivity contribution in [2.45, 2.75) is 12.8 Å². The fourth-order valence-corrected chi connectivity index (χ4v) is 3.77. The van der Waals surface area contributed by atoms with Gasteiger partial charge in [0.1, 0.15) is 23.1 Å². The van der Waals surface area contributed by atoms with Gasteiger partial charge >= 0.3 is 0 Å². The van der Waals surface area contributed by atoms with Crippen LogP contribution in [0.1, 0.15) is 23.1 Å². The summed E-state index contributed by atoms with van der Waals surface area (Å²) in [7, 11) is 3.29. The van der Waals surface area contributed by atoms with Crippen LogP contribution < -0.4 is 14.9 Å². The zero-order valence-electron chi connectivity index (χ0n) is 18.6. The second kappa shape index (κ2) is 10.2. The number of allylic oxidation sites excluding steroid dienone is 2. The Morgan fingerprint density at radius 1 is 0.818 bits per heavy atom. The van der Waals surface area contributed by atoms with Gasteiger partial charge in [0.15, 0.2) is 0 Å². The summed E-state index contributed by atoms with van der Waals surface area (Å²) in [6.45, 7) is 0.656. The number of halogens is 2. The highest BCUT2D eigenvalue weighted by Crippen LogP contribution is 2.31. The molecule has 3 aromatic rings. The highest BCUT2D eigenvalue weighted by Gasteiger charge is 2.17. The van der Waals surface area contributed by atoms with Crippen LogP contribution in [0.2, 0.25) is 0 Å². The van der Waals surface area contributed by atoms with E-state index in [1.54, 1.807) is 14.2 Å². The van der Waals surface area contributed by atoms with Crippen molar-refractivity contribution in [1.82, 2.24) is 10.4 Å². The SMILES string of the molecule is COc1ccc(C2=C(c3ccc(OC)cc3)NN(CCCc3ccc(F)cc3F)C=C2)cc1. The molecular weight excluding hydrogens is 422 g/mol. The molecule has 0 spiro atoms. The number of hydrogen-bond acceptors (Lipinski definition) is 4. The predicted molar refractivity (Wildman–Crippen MR) is 126 cm³/mol. The molecule has 0 aromatic heterocycles. The molecule has 4 rings (SSSR count). The minimum atomic E-state index is -0.558. The van der Waals surface area contributed by atoms with E-state index in [9.17, 15) is 8.78 Å². The molecule has 0 atom stereocenters. The summed E-state index contributed by atoms with van der Waals surface area (Å²) in [6.07, 6.45) is 5.27. The number of nitrogens with zero attached hydrogens (tertiary/aromatic N) is 1. The first kappa shape index (κ1) is 22.4. The van der Waals surface area contributed by atoms with Crippen LogP contribution in [0.25, 0.3) is 11.3 Å². The Kier molecular flexibility index (Phi) is 6.93. The van der Waals surface area contributed by atoms with Crippen LogP contribution in [0.4, 0.5) is 8.78 Å². The summed E-state index contributed by atoms with van der Waals surface area (Å²) in [4.78, 5) is 0. The lowest BCUT2D eigenvalue weighted by atomic mass is 9.98. The molecule has 0 bridgehead atoms. The Bertz CT molecular complexity index is 1160. The van der Waals surface area contributed by atoms with Gasteiger partial charge in [0.2, 0.25) is 0 Å². The fraction of sp³-hybridized carbons (Fsp3) is 0.185. The first-order valence-corrected chi connectivity index (χ1v) is 10.8. The van der Waals surface area contributed by atoms with Crippen molar-refractivity contribution in [3.05, 3.63) is 107 Å². The van der Waals surface area contributed by atoms with E-state index in [4.69, 9.17) is 9.47 Å². The van der Waals surface area contributed by atoms with Crippen molar-refractivity contribution in [3.63, 3.8) is 0 Å². The van der Waals surface area contributed by atoms with Crippen molar-refractivity contribution in [1.29, 1.82) is 0 Å². The molecule has 1 aliphatic rings. The summed E-state index contributed by atoms with van der Waals surface area (Å²) in [6, 6.07) is 19.5. The molecule has 1 aliphatic heterocycles. The highest BCUT2D eigenvalue weighted by molar-refractivity contribution is 5.95. The largest absolute Gasteiger partial charge is 0.497 e. The lowest BCUT2D eigenvalue weighted by Gasteiger charge is -2.30. The second-order valence-corrected chi connectivity index (χ2v) is 7.71. The molecule has 0 aliphatic carbocycles. The lowest BCUT2D eigenvalue weighted by Crippen LogP contribution is -2.35. The quantitative estimate of drug-likeness (QED) is 0.471. The Morgan fingerprint density at radius 2 is 1.45 bits per heavy atom. The van der Waals surface area contributed by atoms with Crippen LogP contribution >= 0.6 is 0 Å². The molecule has 0 amide bonds. The molecule has 1 heterocycles. The van der Waals surface area contributed by atoms with E-state index >= 15 is 0 Å². The zero-order chi connectivity index (χ0) is 23.2. The number of hydrazine groups is 1. The van der Waals surface area contributed by atoms with Crippen molar-refractivity contribution in [3.8, 4) is 11.5 Å². The van der Waals surface area contributed by atoms with Crippen LogP contribution in [0.5, 0.6) is 11.5 Å². The van der Waals surface area contributed by atoms with Crippen LogP contribution in [-0.2, 0) is 6.42 Å². The normalized spacial score (nSPS) is 13.2. The fourth-order valence-electron chi connectivity index (χ4n) is 3.77. The summed E-state index contributed by atoms with van der Waals surface area (Å²) in [5.41, 5.74) is 8.08. The zero-order valence-corrected chi connectivity index (χ0v) is 18.6. The number of benzene rings is 3. The van der Waals surface area contributed by atoms with E-state index in [-0.39, 0.29) is 0 Å². The van der Waals surface area contributed by atoms with Gasteiger partial charge in [-0.05, 0) is 72.5 Å². The van der Waals surface area contributed by atoms with Gasteiger partial charge in [-0.3, -0.25) is 10.4 Å². The van der Waals surface area contributed by atoms with E-state index in [2.05, 4.69) is 11.5 Å². The third-order valence-electron chi connectivity index (χ3n) is 5.59. The van der Waals surface area contributed by atoms with Gasteiger partial charge in [-0.25, -0.2) is 8.78 Å². The minimum Gasteiger partial charge on any atom is -0.497 e. The maximum absolute atomic E-state index is 13.9. The molecule has 0 fully saturated rings. The van der Waals surface area contributed by atoms with Gasteiger partial charge in [0.25, 0.3) is 0 Å². The lowest BCUT2D eigenvalue weighted by molar-refractivity contribution is 0.317. The maximum Gasteiger partial charge on any atom is 0.129 e. The van der Waals surface area contributed by atoms with Gasteiger partial charge in [-0.2, -0.15) is 0 Å². The van der Waals surface area contributed by atoms with Crippen LogP contribution in [0.15, 0.2) is 79.0 Å². The third-order valence-corrected chi connectivity index (χ3v) is 5.59.